The highest BCUT2D eigenvalue weighted by molar-refractivity contribution is 7.14. The minimum absolute atomic E-state index is 0.134. The molecule has 0 saturated carbocycles. The van der Waals surface area contributed by atoms with Crippen molar-refractivity contribution in [2.24, 2.45) is 5.92 Å². The molecule has 3 rings (SSSR count). The van der Waals surface area contributed by atoms with Gasteiger partial charge in [0.25, 0.3) is 5.91 Å². The molecule has 5 heteroatoms. The Hall–Kier alpha value is -1.72. The van der Waals surface area contributed by atoms with Gasteiger partial charge in [0.05, 0.1) is 10.7 Å². The molecule has 1 aliphatic rings. The molecular weight excluding hydrogens is 306 g/mol. The molecule has 2 heterocycles. The smallest absolute Gasteiger partial charge is 0.266 e. The fourth-order valence-electron chi connectivity index (χ4n) is 3.21. The maximum absolute atomic E-state index is 13.0. The van der Waals surface area contributed by atoms with Gasteiger partial charge >= 0.3 is 0 Å². The second-order valence-electron chi connectivity index (χ2n) is 6.09. The maximum atomic E-state index is 13.0. The number of aromatic nitrogens is 1. The van der Waals surface area contributed by atoms with Crippen LogP contribution < -0.4 is 5.32 Å². The average Bonchev–Trinajstić information content (AvgIpc) is 2.97. The van der Waals surface area contributed by atoms with Gasteiger partial charge in [-0.25, -0.2) is 4.98 Å². The third kappa shape index (κ3) is 3.62. The zero-order chi connectivity index (χ0) is 16.2. The number of hydrogen-bond acceptors (Lipinski definition) is 4. The predicted molar refractivity (Wildman–Crippen MR) is 94.8 cm³/mol. The van der Waals surface area contributed by atoms with Crippen molar-refractivity contribution in [2.45, 2.75) is 19.8 Å². The first-order valence-electron chi connectivity index (χ1n) is 8.15. The minimum Gasteiger partial charge on any atom is -0.338 e. The van der Waals surface area contributed by atoms with Gasteiger partial charge in [-0.2, -0.15) is 0 Å². The summed E-state index contributed by atoms with van der Waals surface area (Å²) in [6.45, 7) is 4.63. The highest BCUT2D eigenvalue weighted by atomic mass is 32.1. The number of amides is 1. The van der Waals surface area contributed by atoms with Gasteiger partial charge in [-0.15, -0.1) is 11.3 Å². The van der Waals surface area contributed by atoms with Crippen molar-refractivity contribution in [3.05, 3.63) is 40.2 Å². The molecule has 1 aromatic heterocycles. The largest absolute Gasteiger partial charge is 0.338 e. The Labute approximate surface area is 141 Å². The van der Waals surface area contributed by atoms with Gasteiger partial charge in [-0.1, -0.05) is 30.3 Å². The van der Waals surface area contributed by atoms with Crippen LogP contribution in [0.5, 0.6) is 0 Å². The topological polar surface area (TPSA) is 45.2 Å². The van der Waals surface area contributed by atoms with Crippen LogP contribution in [-0.2, 0) is 0 Å². The molecule has 0 bridgehead atoms. The van der Waals surface area contributed by atoms with Crippen LogP contribution in [0.2, 0.25) is 0 Å². The van der Waals surface area contributed by atoms with Gasteiger partial charge in [0.1, 0.15) is 4.88 Å². The molecule has 0 radical (unpaired) electrons. The lowest BCUT2D eigenvalue weighted by molar-refractivity contribution is 0.0679. The van der Waals surface area contributed by atoms with Crippen molar-refractivity contribution in [3.63, 3.8) is 0 Å². The molecule has 4 nitrogen and oxygen atoms in total. The van der Waals surface area contributed by atoms with Gasteiger partial charge in [-0.3, -0.25) is 4.79 Å². The fourth-order valence-corrected chi connectivity index (χ4v) is 4.12. The van der Waals surface area contributed by atoms with Crippen molar-refractivity contribution in [2.75, 3.05) is 26.7 Å². The van der Waals surface area contributed by atoms with Crippen molar-refractivity contribution >= 4 is 17.2 Å². The monoisotopic (exact) mass is 329 g/mol. The number of likely N-dealkylation sites (tertiary alicyclic amines) is 1. The van der Waals surface area contributed by atoms with Crippen LogP contribution >= 0.6 is 11.3 Å². The molecule has 2 aromatic rings. The molecule has 1 saturated heterocycles. The molecule has 0 spiro atoms. The molecule has 23 heavy (non-hydrogen) atoms. The number of hydrogen-bond donors (Lipinski definition) is 1. The Kier molecular flexibility index (Phi) is 5.08. The number of thiazole rings is 1. The molecule has 1 N–H and O–H groups in total. The minimum atomic E-state index is 0.134. The summed E-state index contributed by atoms with van der Waals surface area (Å²) >= 11 is 1.51. The van der Waals surface area contributed by atoms with E-state index >= 15 is 0 Å². The average molecular weight is 329 g/mol. The molecule has 0 unspecified atom stereocenters. The molecule has 122 valence electrons. The Morgan fingerprint density at radius 3 is 2.91 bits per heavy atom. The van der Waals surface area contributed by atoms with E-state index in [1.807, 2.05) is 49.2 Å². The number of piperidine rings is 1. The van der Waals surface area contributed by atoms with E-state index in [1.165, 1.54) is 17.8 Å². The molecule has 1 aromatic carbocycles. The summed E-state index contributed by atoms with van der Waals surface area (Å²) in [7, 11) is 1.97. The molecule has 1 atom stereocenters. The molecule has 1 fully saturated rings. The Morgan fingerprint density at radius 1 is 1.39 bits per heavy atom. The van der Waals surface area contributed by atoms with E-state index < -0.39 is 0 Å². The van der Waals surface area contributed by atoms with Crippen LogP contribution in [-0.4, -0.2) is 42.5 Å². The second kappa shape index (κ2) is 7.23. The van der Waals surface area contributed by atoms with E-state index in [2.05, 4.69) is 10.3 Å². The van der Waals surface area contributed by atoms with Crippen LogP contribution in [0, 0.1) is 12.8 Å². The van der Waals surface area contributed by atoms with Crippen LogP contribution in [0.15, 0.2) is 30.3 Å². The quantitative estimate of drug-likeness (QED) is 0.937. The summed E-state index contributed by atoms with van der Waals surface area (Å²) in [5.74, 6) is 0.683. The maximum Gasteiger partial charge on any atom is 0.266 e. The van der Waals surface area contributed by atoms with Gasteiger partial charge in [0.2, 0.25) is 0 Å². The number of nitrogens with zero attached hydrogens (tertiary/aromatic N) is 2. The summed E-state index contributed by atoms with van der Waals surface area (Å²) in [5.41, 5.74) is 1.85. The summed E-state index contributed by atoms with van der Waals surface area (Å²) in [6, 6.07) is 10.00. The van der Waals surface area contributed by atoms with Gasteiger partial charge in [-0.05, 0) is 39.3 Å². The first kappa shape index (κ1) is 16.1. The van der Waals surface area contributed by atoms with Crippen molar-refractivity contribution in [1.29, 1.82) is 0 Å². The number of carbonyl (C=O) groups excluding carboxylic acids is 1. The third-order valence-electron chi connectivity index (χ3n) is 4.27. The van der Waals surface area contributed by atoms with E-state index in [9.17, 15) is 4.79 Å². The van der Waals surface area contributed by atoms with Crippen molar-refractivity contribution in [3.8, 4) is 11.3 Å². The molecule has 0 aliphatic carbocycles. The number of rotatable bonds is 4. The van der Waals surface area contributed by atoms with Crippen LogP contribution in [0.4, 0.5) is 0 Å². The fraction of sp³-hybridized carbons (Fsp3) is 0.444. The van der Waals surface area contributed by atoms with Gasteiger partial charge in [0, 0.05) is 18.7 Å². The zero-order valence-corrected chi connectivity index (χ0v) is 14.5. The summed E-state index contributed by atoms with van der Waals surface area (Å²) < 4.78 is 0. The van der Waals surface area contributed by atoms with E-state index in [0.717, 1.165) is 47.2 Å². The van der Waals surface area contributed by atoms with Crippen molar-refractivity contribution < 1.29 is 4.79 Å². The lowest BCUT2D eigenvalue weighted by atomic mass is 9.97. The summed E-state index contributed by atoms with van der Waals surface area (Å²) in [4.78, 5) is 20.4. The highest BCUT2D eigenvalue weighted by Crippen LogP contribution is 2.30. The number of aryl methyl sites for hydroxylation is 1. The summed E-state index contributed by atoms with van der Waals surface area (Å²) in [6.07, 6.45) is 2.27. The highest BCUT2D eigenvalue weighted by Gasteiger charge is 2.27. The first-order valence-corrected chi connectivity index (χ1v) is 8.97. The van der Waals surface area contributed by atoms with Gasteiger partial charge < -0.3 is 10.2 Å². The standard InChI is InChI=1S/C18H23N3OS/c1-13-20-16(15-8-4-3-5-9-15)17(23-13)18(22)21-10-6-7-14(12-21)11-19-2/h3-5,8-9,14,19H,6-7,10-12H2,1-2H3/t14-/m1/s1. The number of benzene rings is 1. The molecule has 1 aliphatic heterocycles. The second-order valence-corrected chi connectivity index (χ2v) is 7.30. The first-order chi connectivity index (χ1) is 11.2. The van der Waals surface area contributed by atoms with Gasteiger partial charge in [0.15, 0.2) is 0 Å². The normalized spacial score (nSPS) is 18.2. The lowest BCUT2D eigenvalue weighted by Crippen LogP contribution is -2.42. The summed E-state index contributed by atoms with van der Waals surface area (Å²) in [5, 5.41) is 4.17. The lowest BCUT2D eigenvalue weighted by Gasteiger charge is -2.32. The zero-order valence-electron chi connectivity index (χ0n) is 13.7. The Balaban J connectivity index is 1.85. The van der Waals surface area contributed by atoms with E-state index in [-0.39, 0.29) is 5.91 Å². The third-order valence-corrected chi connectivity index (χ3v) is 5.23. The number of carbonyl (C=O) groups is 1. The van der Waals surface area contributed by atoms with E-state index in [1.54, 1.807) is 0 Å². The van der Waals surface area contributed by atoms with Crippen LogP contribution in [0.1, 0.15) is 27.5 Å². The number of nitrogens with one attached hydrogen (secondary N) is 1. The Morgan fingerprint density at radius 2 is 2.17 bits per heavy atom. The molecular formula is C18H23N3OS. The van der Waals surface area contributed by atoms with Crippen molar-refractivity contribution in [1.82, 2.24) is 15.2 Å². The predicted octanol–water partition coefficient (Wildman–Crippen LogP) is 3.19. The van der Waals surface area contributed by atoms with Crippen LogP contribution in [0.3, 0.4) is 0 Å². The Bertz CT molecular complexity index is 666. The molecule has 1 amide bonds. The van der Waals surface area contributed by atoms with E-state index in [0.29, 0.717) is 5.92 Å². The SMILES string of the molecule is CNC[C@H]1CCCN(C(=O)c2sc(C)nc2-c2ccccc2)C1. The van der Waals surface area contributed by atoms with Crippen LogP contribution in [0.25, 0.3) is 11.3 Å². The van der Waals surface area contributed by atoms with E-state index in [4.69, 9.17) is 0 Å².